The standard InChI is InChI=1S/C14H16BrN3O4/c1-2-21-14(20)18-5-3-17(4-6-18)13(19)10-7-11-9(16-10)8-12(15)22-11/h7-8,16H,2-6H2,1H3. The van der Waals surface area contributed by atoms with E-state index in [-0.39, 0.29) is 12.0 Å². The minimum absolute atomic E-state index is 0.0916. The van der Waals surface area contributed by atoms with Crippen LogP contribution < -0.4 is 0 Å². The number of furan rings is 1. The van der Waals surface area contributed by atoms with Gasteiger partial charge in [0, 0.05) is 38.3 Å². The fourth-order valence-corrected chi connectivity index (χ4v) is 2.89. The van der Waals surface area contributed by atoms with Crippen LogP contribution >= 0.6 is 15.9 Å². The van der Waals surface area contributed by atoms with Crippen molar-refractivity contribution in [1.29, 1.82) is 0 Å². The zero-order valence-corrected chi connectivity index (χ0v) is 13.7. The van der Waals surface area contributed by atoms with Crippen LogP contribution in [0.4, 0.5) is 4.79 Å². The molecule has 0 atom stereocenters. The van der Waals surface area contributed by atoms with E-state index < -0.39 is 0 Å². The summed E-state index contributed by atoms with van der Waals surface area (Å²) in [6, 6.07) is 3.48. The smallest absolute Gasteiger partial charge is 0.409 e. The van der Waals surface area contributed by atoms with Gasteiger partial charge in [0.1, 0.15) is 5.69 Å². The average Bonchev–Trinajstić information content (AvgIpc) is 3.04. The first-order valence-corrected chi connectivity index (χ1v) is 7.87. The Morgan fingerprint density at radius 2 is 1.95 bits per heavy atom. The third-order valence-electron chi connectivity index (χ3n) is 3.60. The molecule has 0 aliphatic carbocycles. The number of hydrogen-bond acceptors (Lipinski definition) is 4. The Labute approximate surface area is 135 Å². The molecule has 0 radical (unpaired) electrons. The number of amides is 2. The Balaban J connectivity index is 1.64. The first kappa shape index (κ1) is 15.0. The van der Waals surface area contributed by atoms with Crippen LogP contribution in [0.25, 0.3) is 11.1 Å². The molecule has 22 heavy (non-hydrogen) atoms. The normalized spacial score (nSPS) is 15.4. The van der Waals surface area contributed by atoms with E-state index in [0.29, 0.717) is 48.7 Å². The summed E-state index contributed by atoms with van der Waals surface area (Å²) in [6.07, 6.45) is -0.322. The summed E-state index contributed by atoms with van der Waals surface area (Å²) in [5, 5.41) is 0. The molecule has 1 N–H and O–H groups in total. The second kappa shape index (κ2) is 6.04. The number of fused-ring (bicyclic) bond motifs is 1. The van der Waals surface area contributed by atoms with E-state index in [1.54, 1.807) is 28.9 Å². The minimum atomic E-state index is -0.322. The number of nitrogens with zero attached hydrogens (tertiary/aromatic N) is 2. The second-order valence-electron chi connectivity index (χ2n) is 4.99. The van der Waals surface area contributed by atoms with E-state index in [9.17, 15) is 9.59 Å². The van der Waals surface area contributed by atoms with E-state index in [4.69, 9.17) is 9.15 Å². The molecule has 3 rings (SSSR count). The van der Waals surface area contributed by atoms with Gasteiger partial charge in [-0.15, -0.1) is 0 Å². The maximum Gasteiger partial charge on any atom is 0.409 e. The number of H-pyrrole nitrogens is 1. The van der Waals surface area contributed by atoms with Gasteiger partial charge in [0.05, 0.1) is 12.1 Å². The van der Waals surface area contributed by atoms with Gasteiger partial charge in [0.25, 0.3) is 5.91 Å². The monoisotopic (exact) mass is 369 g/mol. The average molecular weight is 370 g/mol. The van der Waals surface area contributed by atoms with Crippen LogP contribution in [0.5, 0.6) is 0 Å². The molecular weight excluding hydrogens is 354 g/mol. The quantitative estimate of drug-likeness (QED) is 0.881. The highest BCUT2D eigenvalue weighted by Gasteiger charge is 2.26. The van der Waals surface area contributed by atoms with Crippen LogP contribution in [0.2, 0.25) is 0 Å². The predicted molar refractivity (Wildman–Crippen MR) is 82.8 cm³/mol. The van der Waals surface area contributed by atoms with Crippen molar-refractivity contribution in [3.63, 3.8) is 0 Å². The predicted octanol–water partition coefficient (Wildman–Crippen LogP) is 2.44. The van der Waals surface area contributed by atoms with Crippen molar-refractivity contribution in [2.45, 2.75) is 6.92 Å². The number of ether oxygens (including phenoxy) is 1. The van der Waals surface area contributed by atoms with Gasteiger partial charge in [-0.05, 0) is 22.9 Å². The number of rotatable bonds is 2. The summed E-state index contributed by atoms with van der Waals surface area (Å²) in [6.45, 7) is 4.06. The van der Waals surface area contributed by atoms with Crippen LogP contribution in [0.3, 0.4) is 0 Å². The highest BCUT2D eigenvalue weighted by Crippen LogP contribution is 2.24. The Hall–Kier alpha value is -1.96. The fraction of sp³-hybridized carbons (Fsp3) is 0.429. The molecule has 3 heterocycles. The zero-order chi connectivity index (χ0) is 15.7. The van der Waals surface area contributed by atoms with Gasteiger partial charge in [-0.1, -0.05) is 0 Å². The number of nitrogens with one attached hydrogen (secondary N) is 1. The van der Waals surface area contributed by atoms with Crippen molar-refractivity contribution in [1.82, 2.24) is 14.8 Å². The number of hydrogen-bond donors (Lipinski definition) is 1. The van der Waals surface area contributed by atoms with Gasteiger partial charge in [-0.2, -0.15) is 0 Å². The van der Waals surface area contributed by atoms with Crippen molar-refractivity contribution in [3.05, 3.63) is 22.5 Å². The minimum Gasteiger partial charge on any atom is -0.450 e. The molecule has 7 nitrogen and oxygen atoms in total. The lowest BCUT2D eigenvalue weighted by Crippen LogP contribution is -2.50. The molecule has 0 aromatic carbocycles. The summed E-state index contributed by atoms with van der Waals surface area (Å²) in [5.74, 6) is -0.0916. The van der Waals surface area contributed by atoms with Crippen LogP contribution in [0.1, 0.15) is 17.4 Å². The first-order valence-electron chi connectivity index (χ1n) is 7.07. The number of piperazine rings is 1. The van der Waals surface area contributed by atoms with Gasteiger partial charge in [0.2, 0.25) is 0 Å². The third kappa shape index (κ3) is 2.83. The van der Waals surface area contributed by atoms with Crippen molar-refractivity contribution >= 4 is 39.0 Å². The molecule has 1 aliphatic heterocycles. The van der Waals surface area contributed by atoms with Crippen LogP contribution in [0.15, 0.2) is 21.2 Å². The van der Waals surface area contributed by atoms with Crippen molar-refractivity contribution in [2.24, 2.45) is 0 Å². The van der Waals surface area contributed by atoms with E-state index in [0.717, 1.165) is 5.52 Å². The summed E-state index contributed by atoms with van der Waals surface area (Å²) >= 11 is 3.24. The maximum atomic E-state index is 12.5. The Kier molecular flexibility index (Phi) is 4.10. The molecule has 0 bridgehead atoms. The maximum absolute atomic E-state index is 12.5. The van der Waals surface area contributed by atoms with Gasteiger partial charge >= 0.3 is 6.09 Å². The van der Waals surface area contributed by atoms with Crippen LogP contribution in [-0.4, -0.2) is 59.6 Å². The van der Waals surface area contributed by atoms with E-state index >= 15 is 0 Å². The van der Waals surface area contributed by atoms with Crippen LogP contribution in [-0.2, 0) is 4.74 Å². The Morgan fingerprint density at radius 1 is 1.27 bits per heavy atom. The third-order valence-corrected chi connectivity index (χ3v) is 3.99. The number of halogens is 1. The van der Waals surface area contributed by atoms with Gasteiger partial charge in [-0.25, -0.2) is 4.79 Å². The molecule has 2 aromatic rings. The molecule has 118 valence electrons. The summed E-state index contributed by atoms with van der Waals surface area (Å²) in [7, 11) is 0. The molecule has 1 saturated heterocycles. The summed E-state index contributed by atoms with van der Waals surface area (Å²) in [5.41, 5.74) is 1.91. The number of aromatic nitrogens is 1. The number of carbonyl (C=O) groups excluding carboxylic acids is 2. The first-order chi connectivity index (χ1) is 10.6. The summed E-state index contributed by atoms with van der Waals surface area (Å²) in [4.78, 5) is 30.5. The van der Waals surface area contributed by atoms with Crippen molar-refractivity contribution in [3.8, 4) is 0 Å². The molecule has 2 aromatic heterocycles. The lowest BCUT2D eigenvalue weighted by Gasteiger charge is -2.33. The molecule has 0 saturated carbocycles. The van der Waals surface area contributed by atoms with E-state index in [2.05, 4.69) is 20.9 Å². The zero-order valence-electron chi connectivity index (χ0n) is 12.1. The van der Waals surface area contributed by atoms with Gasteiger partial charge in [0.15, 0.2) is 10.3 Å². The number of carbonyl (C=O) groups is 2. The molecular formula is C14H16BrN3O4. The molecule has 0 spiro atoms. The topological polar surface area (TPSA) is 78.8 Å². The molecule has 1 fully saturated rings. The Morgan fingerprint density at radius 3 is 2.59 bits per heavy atom. The lowest BCUT2D eigenvalue weighted by molar-refractivity contribution is 0.0566. The van der Waals surface area contributed by atoms with E-state index in [1.807, 2.05) is 0 Å². The number of aromatic amines is 1. The van der Waals surface area contributed by atoms with Crippen molar-refractivity contribution in [2.75, 3.05) is 32.8 Å². The largest absolute Gasteiger partial charge is 0.450 e. The SMILES string of the molecule is CCOC(=O)N1CCN(C(=O)c2cc3oc(Br)cc3[nH]2)CC1. The van der Waals surface area contributed by atoms with Gasteiger partial charge in [-0.3, -0.25) is 4.79 Å². The van der Waals surface area contributed by atoms with Gasteiger partial charge < -0.3 is 23.9 Å². The summed E-state index contributed by atoms with van der Waals surface area (Å²) < 4.78 is 11.0. The second-order valence-corrected chi connectivity index (χ2v) is 5.77. The fourth-order valence-electron chi connectivity index (χ4n) is 2.48. The molecule has 0 unspecified atom stereocenters. The highest BCUT2D eigenvalue weighted by molar-refractivity contribution is 9.10. The Bertz CT molecular complexity index is 669. The molecule has 2 amide bonds. The highest BCUT2D eigenvalue weighted by atomic mass is 79.9. The molecule has 8 heteroatoms. The van der Waals surface area contributed by atoms with Crippen LogP contribution in [0, 0.1) is 0 Å². The van der Waals surface area contributed by atoms with E-state index in [1.165, 1.54) is 0 Å². The van der Waals surface area contributed by atoms with Crippen molar-refractivity contribution < 1.29 is 18.7 Å². The molecule has 1 aliphatic rings. The lowest BCUT2D eigenvalue weighted by atomic mass is 10.3.